The molecule has 1 heterocycles. The maximum Gasteiger partial charge on any atom is 0.100 e. The van der Waals surface area contributed by atoms with Crippen LogP contribution in [-0.2, 0) is 0 Å². The van der Waals surface area contributed by atoms with E-state index in [0.717, 1.165) is 0 Å². The minimum Gasteiger partial charge on any atom is -0.359 e. The van der Waals surface area contributed by atoms with Crippen LogP contribution in [0.25, 0.3) is 0 Å². The number of unbranched alkanes of at least 4 members (excludes halogenated alkanes) is 16. The quantitative estimate of drug-likeness (QED) is 0.192. The number of hydrogen-bond acceptors (Lipinski definition) is 2. The maximum absolute atomic E-state index is 2.58. The third-order valence-corrected chi connectivity index (χ3v) is 6.43. The summed E-state index contributed by atoms with van der Waals surface area (Å²) in [5.74, 6) is 0. The van der Waals surface area contributed by atoms with E-state index in [0.29, 0.717) is 6.17 Å². The Bertz CT molecular complexity index is 352. The fourth-order valence-electron chi connectivity index (χ4n) is 4.46. The summed E-state index contributed by atoms with van der Waals surface area (Å²) in [6.07, 6.45) is 32.3. The van der Waals surface area contributed by atoms with Gasteiger partial charge >= 0.3 is 0 Å². The molecule has 1 atom stereocenters. The van der Waals surface area contributed by atoms with Crippen LogP contribution in [0.1, 0.15) is 136 Å². The monoisotopic (exact) mass is 392 g/mol. The molecule has 28 heavy (non-hydrogen) atoms. The van der Waals surface area contributed by atoms with Crippen LogP contribution in [0.4, 0.5) is 0 Å². The van der Waals surface area contributed by atoms with Gasteiger partial charge in [0.1, 0.15) is 6.17 Å². The SMILES string of the molecule is CCCCCCCCCCCCCCCCC1N(C)C=CN1CCCCCC. The molecule has 166 valence electrons. The van der Waals surface area contributed by atoms with Gasteiger partial charge in [0.15, 0.2) is 0 Å². The summed E-state index contributed by atoms with van der Waals surface area (Å²) in [4.78, 5) is 5.00. The van der Waals surface area contributed by atoms with Crippen molar-refractivity contribution in [1.29, 1.82) is 0 Å². The van der Waals surface area contributed by atoms with Gasteiger partial charge in [-0.3, -0.25) is 0 Å². The van der Waals surface area contributed by atoms with Gasteiger partial charge in [0, 0.05) is 26.0 Å². The predicted octanol–water partition coefficient (Wildman–Crippen LogP) is 8.48. The summed E-state index contributed by atoms with van der Waals surface area (Å²) in [5, 5.41) is 0. The zero-order chi connectivity index (χ0) is 20.3. The summed E-state index contributed by atoms with van der Waals surface area (Å²) in [6, 6.07) is 0. The summed E-state index contributed by atoms with van der Waals surface area (Å²) in [6.45, 7) is 5.83. The highest BCUT2D eigenvalue weighted by Crippen LogP contribution is 2.21. The Hall–Kier alpha value is -0.660. The summed E-state index contributed by atoms with van der Waals surface area (Å²) >= 11 is 0. The molecule has 0 aliphatic carbocycles. The molecule has 0 N–H and O–H groups in total. The van der Waals surface area contributed by atoms with E-state index in [1.807, 2.05) is 0 Å². The van der Waals surface area contributed by atoms with Gasteiger partial charge in [-0.2, -0.15) is 0 Å². The second-order valence-corrected chi connectivity index (χ2v) is 9.13. The molecule has 0 radical (unpaired) electrons. The van der Waals surface area contributed by atoms with Gasteiger partial charge in [-0.1, -0.05) is 117 Å². The Morgan fingerprint density at radius 2 is 0.964 bits per heavy atom. The van der Waals surface area contributed by atoms with E-state index in [-0.39, 0.29) is 0 Å². The Morgan fingerprint density at radius 1 is 0.536 bits per heavy atom. The van der Waals surface area contributed by atoms with E-state index in [9.17, 15) is 0 Å². The van der Waals surface area contributed by atoms with Gasteiger partial charge in [0.2, 0.25) is 0 Å². The molecule has 0 saturated heterocycles. The van der Waals surface area contributed by atoms with Crippen LogP contribution in [-0.4, -0.2) is 29.6 Å². The molecule has 2 heteroatoms. The molecule has 0 bridgehead atoms. The van der Waals surface area contributed by atoms with Crippen LogP contribution >= 0.6 is 0 Å². The third-order valence-electron chi connectivity index (χ3n) is 6.43. The largest absolute Gasteiger partial charge is 0.359 e. The molecule has 0 fully saturated rings. The molecule has 0 aromatic heterocycles. The standard InChI is InChI=1S/C26H52N2/c1-4-6-8-10-11-12-13-14-15-16-17-18-19-20-22-26-27(3)24-25-28(26)23-21-9-7-5-2/h24-26H,4-23H2,1-3H3. The second kappa shape index (κ2) is 18.4. The van der Waals surface area contributed by atoms with Crippen molar-refractivity contribution in [3.63, 3.8) is 0 Å². The first-order chi connectivity index (χ1) is 13.8. The van der Waals surface area contributed by atoms with Gasteiger partial charge in [-0.15, -0.1) is 0 Å². The summed E-state index contributed by atoms with van der Waals surface area (Å²) in [5.41, 5.74) is 0. The Balaban J connectivity index is 1.89. The second-order valence-electron chi connectivity index (χ2n) is 9.13. The van der Waals surface area contributed by atoms with Crippen molar-refractivity contribution in [2.45, 2.75) is 142 Å². The van der Waals surface area contributed by atoms with Crippen molar-refractivity contribution in [3.8, 4) is 0 Å². The van der Waals surface area contributed by atoms with Crippen molar-refractivity contribution in [2.75, 3.05) is 13.6 Å². The minimum atomic E-state index is 0.624. The van der Waals surface area contributed by atoms with Crippen LogP contribution in [0.5, 0.6) is 0 Å². The average Bonchev–Trinajstić information content (AvgIpc) is 3.05. The van der Waals surface area contributed by atoms with E-state index in [4.69, 9.17) is 0 Å². The van der Waals surface area contributed by atoms with Crippen LogP contribution < -0.4 is 0 Å². The van der Waals surface area contributed by atoms with Crippen LogP contribution in [0, 0.1) is 0 Å². The van der Waals surface area contributed by atoms with E-state index >= 15 is 0 Å². The molecule has 0 saturated carbocycles. The van der Waals surface area contributed by atoms with Gasteiger partial charge < -0.3 is 9.80 Å². The molecule has 1 aliphatic heterocycles. The number of hydrogen-bond donors (Lipinski definition) is 0. The number of rotatable bonds is 20. The van der Waals surface area contributed by atoms with E-state index in [2.05, 4.69) is 43.1 Å². The fourth-order valence-corrected chi connectivity index (χ4v) is 4.46. The average molecular weight is 393 g/mol. The molecule has 0 amide bonds. The lowest BCUT2D eigenvalue weighted by Gasteiger charge is -2.30. The van der Waals surface area contributed by atoms with E-state index in [1.54, 1.807) is 0 Å². The van der Waals surface area contributed by atoms with E-state index in [1.165, 1.54) is 129 Å². The zero-order valence-corrected chi connectivity index (χ0v) is 19.8. The first-order valence-electron chi connectivity index (χ1n) is 13.0. The molecular weight excluding hydrogens is 340 g/mol. The molecule has 0 spiro atoms. The molecule has 0 aromatic carbocycles. The smallest absolute Gasteiger partial charge is 0.100 e. The van der Waals surface area contributed by atoms with Crippen LogP contribution in [0.3, 0.4) is 0 Å². The van der Waals surface area contributed by atoms with Gasteiger partial charge in [-0.25, -0.2) is 0 Å². The lowest BCUT2D eigenvalue weighted by Crippen LogP contribution is -2.37. The van der Waals surface area contributed by atoms with Crippen molar-refractivity contribution in [2.24, 2.45) is 0 Å². The van der Waals surface area contributed by atoms with Crippen molar-refractivity contribution in [3.05, 3.63) is 12.4 Å². The highest BCUT2D eigenvalue weighted by molar-refractivity contribution is 4.95. The fraction of sp³-hybridized carbons (Fsp3) is 0.923. The lowest BCUT2D eigenvalue weighted by molar-refractivity contribution is 0.159. The van der Waals surface area contributed by atoms with Crippen molar-refractivity contribution in [1.82, 2.24) is 9.80 Å². The van der Waals surface area contributed by atoms with Gasteiger partial charge in [-0.05, 0) is 19.3 Å². The normalized spacial score (nSPS) is 16.5. The molecule has 1 aliphatic rings. The molecule has 2 nitrogen and oxygen atoms in total. The third kappa shape index (κ3) is 12.7. The van der Waals surface area contributed by atoms with Gasteiger partial charge in [0.05, 0.1) is 0 Å². The maximum atomic E-state index is 2.58. The number of nitrogens with zero attached hydrogens (tertiary/aromatic N) is 2. The van der Waals surface area contributed by atoms with Crippen LogP contribution in [0.2, 0.25) is 0 Å². The highest BCUT2D eigenvalue weighted by Gasteiger charge is 2.22. The lowest BCUT2D eigenvalue weighted by atomic mass is 10.0. The zero-order valence-electron chi connectivity index (χ0n) is 19.8. The Kier molecular flexibility index (Phi) is 16.7. The van der Waals surface area contributed by atoms with Crippen molar-refractivity contribution < 1.29 is 0 Å². The van der Waals surface area contributed by atoms with Gasteiger partial charge in [0.25, 0.3) is 0 Å². The summed E-state index contributed by atoms with van der Waals surface area (Å²) in [7, 11) is 2.25. The first kappa shape index (κ1) is 25.4. The highest BCUT2D eigenvalue weighted by atomic mass is 15.4. The molecular formula is C26H52N2. The molecule has 1 unspecified atom stereocenters. The Morgan fingerprint density at radius 3 is 1.46 bits per heavy atom. The van der Waals surface area contributed by atoms with E-state index < -0.39 is 0 Å². The molecule has 1 rings (SSSR count). The molecule has 0 aromatic rings. The van der Waals surface area contributed by atoms with Crippen LogP contribution in [0.15, 0.2) is 12.4 Å². The topological polar surface area (TPSA) is 6.48 Å². The Labute approximate surface area is 178 Å². The summed E-state index contributed by atoms with van der Waals surface area (Å²) < 4.78 is 0. The minimum absolute atomic E-state index is 0.624. The van der Waals surface area contributed by atoms with Crippen molar-refractivity contribution >= 4 is 0 Å². The first-order valence-corrected chi connectivity index (χ1v) is 13.0. The predicted molar refractivity (Wildman–Crippen MR) is 126 cm³/mol.